The molecule has 0 spiro atoms. The van der Waals surface area contributed by atoms with Crippen molar-refractivity contribution in [2.24, 2.45) is 0 Å². The fourth-order valence-electron chi connectivity index (χ4n) is 10.6. The maximum absolute atomic E-state index is 13.8. The first-order chi connectivity index (χ1) is 53.7. The predicted molar refractivity (Wildman–Crippen MR) is 410 cm³/mol. The number of alkyl halides is 3. The molecule has 0 unspecified atom stereocenters. The SMILES string of the molecule is COc1cc(F)ccc1-c1cc(Nc2cc(CS(C)(=O)=O)cc(C(F)(F)F)n2)ncn1.COc1cc(F)ccc1-c1cc(Nc2cc(CS(C)(=O)=O)cc(C)n2)ncn1.COc1cc(F)ccc1-c1cc(Nc2cc(CS(C)(=O)=O)cc(F)n2)ncn1.COc1cc(F)ccc1-c1cc(Nc2cc(CS(C)(=O)=O)ccn2)ncn1. The summed E-state index contributed by atoms with van der Waals surface area (Å²) in [6, 6.07) is 33.5. The van der Waals surface area contributed by atoms with Crippen molar-refractivity contribution >= 4 is 85.9 Å². The average molecular weight is 1650 g/mol. The fourth-order valence-corrected chi connectivity index (χ4v) is 13.7. The Morgan fingerprint density at radius 3 is 0.947 bits per heavy atom. The lowest BCUT2D eigenvalue weighted by molar-refractivity contribution is -0.141. The molecule has 0 fully saturated rings. The van der Waals surface area contributed by atoms with Crippen molar-refractivity contribution in [3.63, 3.8) is 0 Å². The van der Waals surface area contributed by atoms with E-state index in [2.05, 4.69) is 81.1 Å². The lowest BCUT2D eigenvalue weighted by Gasteiger charge is -2.13. The van der Waals surface area contributed by atoms with Gasteiger partial charge in [0, 0.05) is 108 Å². The second-order valence-electron chi connectivity index (χ2n) is 24.8. The largest absolute Gasteiger partial charge is 0.496 e. The minimum atomic E-state index is -4.78. The summed E-state index contributed by atoms with van der Waals surface area (Å²) in [4.78, 5) is 48.7. The van der Waals surface area contributed by atoms with Crippen LogP contribution in [-0.4, -0.2) is 147 Å². The van der Waals surface area contributed by atoms with Crippen LogP contribution >= 0.6 is 0 Å². The van der Waals surface area contributed by atoms with Crippen LogP contribution in [0.5, 0.6) is 23.0 Å². The third kappa shape index (κ3) is 26.3. The van der Waals surface area contributed by atoms with Gasteiger partial charge in [0.05, 0.1) is 74.2 Å². The van der Waals surface area contributed by atoms with E-state index >= 15 is 0 Å². The van der Waals surface area contributed by atoms with Gasteiger partial charge in [-0.15, -0.1) is 0 Å². The molecule has 40 heteroatoms. The monoisotopic (exact) mass is 1650 g/mol. The van der Waals surface area contributed by atoms with Crippen LogP contribution in [0.15, 0.2) is 177 Å². The third-order valence-electron chi connectivity index (χ3n) is 15.0. The Labute approximate surface area is 648 Å². The Hall–Kier alpha value is -12.6. The van der Waals surface area contributed by atoms with Gasteiger partial charge in [0.2, 0.25) is 5.95 Å². The number of nitrogens with zero attached hydrogens (tertiary/aromatic N) is 12. The molecule has 0 amide bonds. The molecule has 28 nitrogen and oxygen atoms in total. The van der Waals surface area contributed by atoms with E-state index in [0.717, 1.165) is 31.0 Å². The van der Waals surface area contributed by atoms with Crippen LogP contribution in [0.4, 0.5) is 81.7 Å². The predicted octanol–water partition coefficient (Wildman–Crippen LogP) is 13.4. The minimum Gasteiger partial charge on any atom is -0.496 e. The molecule has 0 bridgehead atoms. The van der Waals surface area contributed by atoms with Gasteiger partial charge in [-0.05, 0) is 126 Å². The number of hydrogen-bond acceptors (Lipinski definition) is 28. The molecule has 0 atom stereocenters. The van der Waals surface area contributed by atoms with Crippen molar-refractivity contribution in [1.82, 2.24) is 59.8 Å². The normalized spacial score (nSPS) is 11.4. The van der Waals surface area contributed by atoms with Crippen molar-refractivity contribution in [3.05, 3.63) is 240 Å². The molecule has 4 aromatic carbocycles. The minimum absolute atomic E-state index is 0.0765. The second-order valence-corrected chi connectivity index (χ2v) is 33.4. The maximum atomic E-state index is 13.8. The smallest absolute Gasteiger partial charge is 0.433 e. The Morgan fingerprint density at radius 1 is 0.325 bits per heavy atom. The number of methoxy groups -OCH3 is 4. The highest BCUT2D eigenvalue weighted by Crippen LogP contribution is 2.37. The van der Waals surface area contributed by atoms with E-state index in [4.69, 9.17) is 18.9 Å². The van der Waals surface area contributed by atoms with E-state index in [1.54, 1.807) is 61.5 Å². The van der Waals surface area contributed by atoms with Gasteiger partial charge in [0.15, 0.2) is 39.3 Å². The number of anilines is 8. The zero-order valence-corrected chi connectivity index (χ0v) is 64.8. The molecule has 0 aliphatic rings. The third-order valence-corrected chi connectivity index (χ3v) is 18.5. The number of benzene rings is 4. The van der Waals surface area contributed by atoms with Gasteiger partial charge in [-0.1, -0.05) is 0 Å². The maximum Gasteiger partial charge on any atom is 0.433 e. The van der Waals surface area contributed by atoms with E-state index in [9.17, 15) is 68.8 Å². The molecular weight excluding hydrogens is 1590 g/mol. The molecule has 4 N–H and O–H groups in total. The van der Waals surface area contributed by atoms with Gasteiger partial charge in [-0.3, -0.25) is 0 Å². The van der Waals surface area contributed by atoms with Gasteiger partial charge in [0.1, 0.15) is 124 Å². The van der Waals surface area contributed by atoms with Gasteiger partial charge >= 0.3 is 6.18 Å². The number of nitrogens with one attached hydrogen (secondary N) is 4. The Morgan fingerprint density at radius 2 is 0.614 bits per heavy atom. The van der Waals surface area contributed by atoms with Gasteiger partial charge in [-0.25, -0.2) is 111 Å². The number of sulfone groups is 4. The standard InChI is InChI=1S/C19H16F4N4O3S.C19H19FN4O3S.C18H16F2N4O3S.C18H17FN4O3S/c1-30-15-7-12(20)3-4-13(15)14-8-17(25-10-24-14)27-18-6-11(9-31(2,28)29)5-16(26-18)19(21,22)23;1-12-6-13(10-28(3,25)26)7-19(23-12)24-18-9-16(21-11-22-18)15-5-4-14(20)8-17(15)27-2;1-27-15-7-12(19)3-4-13(15)14-8-17(22-10-21-14)24-18-6-11(5-16(20)23-18)9-28(2,25)26;1-26-16-8-13(19)3-4-14(16)15-9-18(22-11-21-15)23-17-7-12(5-6-20-17)10-27(2,24)25/h3-8,10H,9H2,1-2H3,(H,24,25,26,27);4-9,11H,10H2,1-3H3,(H,21,22,23,24);3-8,10H,9H2,1-2H3,(H,21,22,23,24);3-9,11H,10H2,1-2H3,(H,20,21,22,23). The number of halogens is 8. The summed E-state index contributed by atoms with van der Waals surface area (Å²) < 4.78 is 220. The van der Waals surface area contributed by atoms with E-state index < -0.39 is 86.2 Å². The Kier molecular flexibility index (Phi) is 27.9. The Balaban J connectivity index is 0.000000174. The number of aromatic nitrogens is 12. The summed E-state index contributed by atoms with van der Waals surface area (Å²) in [6.07, 6.45) is 6.25. The summed E-state index contributed by atoms with van der Waals surface area (Å²) in [5, 5.41) is 11.5. The van der Waals surface area contributed by atoms with Crippen LogP contribution in [0, 0.1) is 36.1 Å². The highest BCUT2D eigenvalue weighted by atomic mass is 32.2. The first-order valence-electron chi connectivity index (χ1n) is 32.8. The quantitative estimate of drug-likeness (QED) is 0.0322. The average Bonchev–Trinajstić information content (AvgIpc) is 0.849. The van der Waals surface area contributed by atoms with Crippen molar-refractivity contribution in [2.75, 3.05) is 74.7 Å². The van der Waals surface area contributed by atoms with Crippen LogP contribution in [0.25, 0.3) is 45.0 Å². The lowest BCUT2D eigenvalue weighted by Crippen LogP contribution is -2.12. The molecule has 8 heterocycles. The molecule has 114 heavy (non-hydrogen) atoms. The van der Waals surface area contributed by atoms with Crippen LogP contribution in [0.3, 0.4) is 0 Å². The van der Waals surface area contributed by atoms with Crippen LogP contribution in [0.1, 0.15) is 33.6 Å². The van der Waals surface area contributed by atoms with Gasteiger partial charge < -0.3 is 40.2 Å². The zero-order valence-electron chi connectivity index (χ0n) is 61.5. The molecule has 596 valence electrons. The summed E-state index contributed by atoms with van der Waals surface area (Å²) in [5.74, 6) is -0.388. The van der Waals surface area contributed by atoms with E-state index in [-0.39, 0.29) is 51.6 Å². The first kappa shape index (κ1) is 85.4. The van der Waals surface area contributed by atoms with Gasteiger partial charge in [0.25, 0.3) is 0 Å². The highest BCUT2D eigenvalue weighted by molar-refractivity contribution is 7.90. The number of pyridine rings is 4. The fraction of sp³-hybridized carbons (Fsp3) is 0.189. The summed E-state index contributed by atoms with van der Waals surface area (Å²) in [5.41, 5.74) is 4.90. The molecule has 12 aromatic rings. The van der Waals surface area contributed by atoms with E-state index in [1.165, 1.54) is 139 Å². The molecule has 0 aliphatic heterocycles. The van der Waals surface area contributed by atoms with Crippen LogP contribution in [0.2, 0.25) is 0 Å². The molecule has 8 aromatic heterocycles. The van der Waals surface area contributed by atoms with Crippen molar-refractivity contribution < 1.29 is 87.7 Å². The molecular formula is C74H68F8N16O12S4. The summed E-state index contributed by atoms with van der Waals surface area (Å²) in [7, 11) is -7.53. The number of rotatable bonds is 24. The van der Waals surface area contributed by atoms with Crippen LogP contribution in [-0.2, 0) is 68.5 Å². The van der Waals surface area contributed by atoms with Crippen molar-refractivity contribution in [1.29, 1.82) is 0 Å². The number of hydrogen-bond donors (Lipinski definition) is 4. The number of ether oxygens (including phenoxy) is 4. The second kappa shape index (κ2) is 37.2. The highest BCUT2D eigenvalue weighted by Gasteiger charge is 2.34. The van der Waals surface area contributed by atoms with Crippen molar-refractivity contribution in [3.8, 4) is 68.0 Å². The number of aryl methyl sites for hydroxylation is 1. The molecule has 0 radical (unpaired) electrons. The van der Waals surface area contributed by atoms with Crippen molar-refractivity contribution in [2.45, 2.75) is 36.1 Å². The van der Waals surface area contributed by atoms with Gasteiger partial charge in [-0.2, -0.15) is 17.6 Å². The molecule has 0 saturated heterocycles. The van der Waals surface area contributed by atoms with E-state index in [0.29, 0.717) is 114 Å². The van der Waals surface area contributed by atoms with E-state index in [1.807, 2.05) is 0 Å². The van der Waals surface area contributed by atoms with Crippen LogP contribution < -0.4 is 40.2 Å². The Bertz CT molecular complexity index is 5800. The summed E-state index contributed by atoms with van der Waals surface area (Å²) in [6.45, 7) is 1.78. The summed E-state index contributed by atoms with van der Waals surface area (Å²) >= 11 is 0. The topological polar surface area (TPSA) is 376 Å². The first-order valence-corrected chi connectivity index (χ1v) is 41.1. The molecule has 12 rings (SSSR count). The molecule has 0 aliphatic carbocycles. The molecule has 0 saturated carbocycles. The lowest BCUT2D eigenvalue weighted by atomic mass is 10.1. The zero-order chi connectivity index (χ0) is 82.9.